The van der Waals surface area contributed by atoms with E-state index in [1.165, 1.54) is 7.11 Å². The van der Waals surface area contributed by atoms with E-state index in [1.807, 2.05) is 11.8 Å². The van der Waals surface area contributed by atoms with Crippen LogP contribution in [0.2, 0.25) is 0 Å². The van der Waals surface area contributed by atoms with Gasteiger partial charge >= 0.3 is 5.97 Å². The first-order valence-corrected chi connectivity index (χ1v) is 6.19. The van der Waals surface area contributed by atoms with Crippen LogP contribution >= 0.6 is 11.8 Å². The Morgan fingerprint density at radius 1 is 1.43 bits per heavy atom. The first-order valence-electron chi connectivity index (χ1n) is 4.96. The Hall–Kier alpha value is -0.220. The summed E-state index contributed by atoms with van der Waals surface area (Å²) in [5.41, 5.74) is 0. The number of methoxy groups -OCH3 is 1. The van der Waals surface area contributed by atoms with Gasteiger partial charge in [0.1, 0.15) is 0 Å². The van der Waals surface area contributed by atoms with E-state index in [0.29, 0.717) is 6.54 Å². The molecule has 0 spiro atoms. The summed E-state index contributed by atoms with van der Waals surface area (Å²) in [5, 5.41) is 3.13. The van der Waals surface area contributed by atoms with Gasteiger partial charge in [0.15, 0.2) is 0 Å². The van der Waals surface area contributed by atoms with Crippen LogP contribution in [0.3, 0.4) is 0 Å². The minimum absolute atomic E-state index is 0.202. The first kappa shape index (κ1) is 13.8. The molecule has 0 aliphatic carbocycles. The lowest BCUT2D eigenvalue weighted by Gasteiger charge is -2.29. The smallest absolute Gasteiger partial charge is 0.319 e. The largest absolute Gasteiger partial charge is 0.468 e. The van der Waals surface area contributed by atoms with Gasteiger partial charge in [0.25, 0.3) is 0 Å². The van der Waals surface area contributed by atoms with Crippen LogP contribution < -0.4 is 5.32 Å². The normalized spacial score (nSPS) is 11.4. The van der Waals surface area contributed by atoms with Crippen molar-refractivity contribution in [2.75, 3.05) is 26.5 Å². The second-order valence-electron chi connectivity index (χ2n) is 3.27. The van der Waals surface area contributed by atoms with E-state index in [9.17, 15) is 4.79 Å². The van der Waals surface area contributed by atoms with Crippen molar-refractivity contribution in [3.63, 3.8) is 0 Å². The monoisotopic (exact) mass is 219 g/mol. The molecule has 0 atom stereocenters. The Kier molecular flexibility index (Phi) is 7.01. The summed E-state index contributed by atoms with van der Waals surface area (Å²) in [5.74, 6) is -0.202. The number of esters is 1. The van der Waals surface area contributed by atoms with Crippen molar-refractivity contribution in [3.8, 4) is 0 Å². The van der Waals surface area contributed by atoms with Gasteiger partial charge in [-0.2, -0.15) is 11.8 Å². The molecular weight excluding hydrogens is 198 g/mol. The maximum absolute atomic E-state index is 10.9. The molecule has 0 rings (SSSR count). The summed E-state index contributed by atoms with van der Waals surface area (Å²) in [4.78, 5) is 10.9. The van der Waals surface area contributed by atoms with Gasteiger partial charge in [0, 0.05) is 11.3 Å². The zero-order chi connectivity index (χ0) is 11.0. The number of hydrogen-bond acceptors (Lipinski definition) is 4. The third-order valence-corrected chi connectivity index (χ3v) is 4.25. The molecule has 3 nitrogen and oxygen atoms in total. The standard InChI is InChI=1S/C10H21NO2S/c1-5-10(6-2,14-4)8-11-7-9(12)13-3/h11H,5-8H2,1-4H3. The van der Waals surface area contributed by atoms with Crippen molar-refractivity contribution < 1.29 is 9.53 Å². The predicted molar refractivity (Wildman–Crippen MR) is 61.7 cm³/mol. The van der Waals surface area contributed by atoms with Gasteiger partial charge in [0.05, 0.1) is 13.7 Å². The second-order valence-corrected chi connectivity index (χ2v) is 4.55. The van der Waals surface area contributed by atoms with E-state index in [0.717, 1.165) is 19.4 Å². The fourth-order valence-electron chi connectivity index (χ4n) is 1.33. The zero-order valence-electron chi connectivity index (χ0n) is 9.55. The summed E-state index contributed by atoms with van der Waals surface area (Å²) in [6.07, 6.45) is 4.34. The molecule has 0 saturated heterocycles. The SMILES string of the molecule is CCC(CC)(CNCC(=O)OC)SC. The van der Waals surface area contributed by atoms with Crippen LogP contribution in [0.25, 0.3) is 0 Å². The Bertz CT molecular complexity index is 161. The van der Waals surface area contributed by atoms with Crippen molar-refractivity contribution in [1.29, 1.82) is 0 Å². The van der Waals surface area contributed by atoms with E-state index in [1.54, 1.807) is 0 Å². The van der Waals surface area contributed by atoms with Crippen LogP contribution in [-0.2, 0) is 9.53 Å². The zero-order valence-corrected chi connectivity index (χ0v) is 10.4. The first-order chi connectivity index (χ1) is 6.64. The van der Waals surface area contributed by atoms with Crippen molar-refractivity contribution in [1.82, 2.24) is 5.32 Å². The van der Waals surface area contributed by atoms with Crippen molar-refractivity contribution in [2.45, 2.75) is 31.4 Å². The molecule has 0 fully saturated rings. The molecule has 0 amide bonds. The fourth-order valence-corrected chi connectivity index (χ4v) is 2.15. The quantitative estimate of drug-likeness (QED) is 0.661. The predicted octanol–water partition coefficient (Wildman–Crippen LogP) is 1.67. The lowest BCUT2D eigenvalue weighted by atomic mass is 10.0. The Morgan fingerprint density at radius 2 is 2.00 bits per heavy atom. The topological polar surface area (TPSA) is 38.3 Å². The maximum atomic E-state index is 10.9. The molecular formula is C10H21NO2S. The summed E-state index contributed by atoms with van der Waals surface area (Å²) < 4.78 is 4.82. The van der Waals surface area contributed by atoms with Gasteiger partial charge < -0.3 is 10.1 Å². The van der Waals surface area contributed by atoms with Crippen LogP contribution in [0.5, 0.6) is 0 Å². The number of carbonyl (C=O) groups is 1. The Labute approximate surface area is 91.0 Å². The molecule has 0 aliphatic heterocycles. The molecule has 84 valence electrons. The van der Waals surface area contributed by atoms with Gasteiger partial charge in [-0.25, -0.2) is 0 Å². The molecule has 0 radical (unpaired) electrons. The van der Waals surface area contributed by atoms with Crippen LogP contribution in [0.15, 0.2) is 0 Å². The summed E-state index contributed by atoms with van der Waals surface area (Å²) in [6.45, 7) is 5.52. The highest BCUT2D eigenvalue weighted by Crippen LogP contribution is 2.29. The molecule has 0 unspecified atom stereocenters. The lowest BCUT2D eigenvalue weighted by Crippen LogP contribution is -2.39. The van der Waals surface area contributed by atoms with E-state index in [2.05, 4.69) is 30.2 Å². The number of carbonyl (C=O) groups excluding carboxylic acids is 1. The molecule has 0 heterocycles. The molecule has 0 aromatic rings. The highest BCUT2D eigenvalue weighted by atomic mass is 32.2. The number of ether oxygens (including phenoxy) is 1. The molecule has 0 saturated carbocycles. The van der Waals surface area contributed by atoms with Gasteiger partial charge in [-0.3, -0.25) is 4.79 Å². The summed E-state index contributed by atoms with van der Waals surface area (Å²) in [6, 6.07) is 0. The average molecular weight is 219 g/mol. The second kappa shape index (κ2) is 7.12. The average Bonchev–Trinajstić information content (AvgIpc) is 2.25. The molecule has 0 aromatic heterocycles. The van der Waals surface area contributed by atoms with E-state index >= 15 is 0 Å². The van der Waals surface area contributed by atoms with Crippen molar-refractivity contribution >= 4 is 17.7 Å². The number of hydrogen-bond donors (Lipinski definition) is 1. The van der Waals surface area contributed by atoms with E-state index < -0.39 is 0 Å². The van der Waals surface area contributed by atoms with Crippen LogP contribution in [0.1, 0.15) is 26.7 Å². The van der Waals surface area contributed by atoms with E-state index in [4.69, 9.17) is 0 Å². The number of rotatable bonds is 7. The third kappa shape index (κ3) is 4.33. The molecule has 0 aliphatic rings. The highest BCUT2D eigenvalue weighted by molar-refractivity contribution is 8.00. The highest BCUT2D eigenvalue weighted by Gasteiger charge is 2.24. The van der Waals surface area contributed by atoms with Crippen molar-refractivity contribution in [3.05, 3.63) is 0 Å². The summed E-state index contributed by atoms with van der Waals surface area (Å²) >= 11 is 1.86. The van der Waals surface area contributed by atoms with Gasteiger partial charge in [0.2, 0.25) is 0 Å². The number of thioether (sulfide) groups is 1. The minimum atomic E-state index is -0.202. The van der Waals surface area contributed by atoms with Crippen LogP contribution in [0, 0.1) is 0 Å². The number of nitrogens with one attached hydrogen (secondary N) is 1. The van der Waals surface area contributed by atoms with Crippen molar-refractivity contribution in [2.24, 2.45) is 0 Å². The Balaban J connectivity index is 3.88. The van der Waals surface area contributed by atoms with Gasteiger partial charge in [-0.05, 0) is 19.1 Å². The van der Waals surface area contributed by atoms with Gasteiger partial charge in [-0.15, -0.1) is 0 Å². The van der Waals surface area contributed by atoms with Crippen LogP contribution in [-0.4, -0.2) is 37.2 Å². The molecule has 1 N–H and O–H groups in total. The molecule has 0 aromatic carbocycles. The lowest BCUT2D eigenvalue weighted by molar-refractivity contribution is -0.139. The minimum Gasteiger partial charge on any atom is -0.468 e. The summed E-state index contributed by atoms with van der Waals surface area (Å²) in [7, 11) is 1.41. The van der Waals surface area contributed by atoms with Crippen LogP contribution in [0.4, 0.5) is 0 Å². The fraction of sp³-hybridized carbons (Fsp3) is 0.900. The Morgan fingerprint density at radius 3 is 2.36 bits per heavy atom. The maximum Gasteiger partial charge on any atom is 0.319 e. The molecule has 0 bridgehead atoms. The molecule has 4 heteroatoms. The van der Waals surface area contributed by atoms with E-state index in [-0.39, 0.29) is 10.7 Å². The van der Waals surface area contributed by atoms with Gasteiger partial charge in [-0.1, -0.05) is 13.8 Å². The third-order valence-electron chi connectivity index (χ3n) is 2.67. The molecule has 14 heavy (non-hydrogen) atoms.